The van der Waals surface area contributed by atoms with E-state index in [2.05, 4.69) is 11.8 Å². The standard InChI is InChI=1S/C13H18ClFN2/c1-9(17-6-4-11(16)5-7-17)12-3-2-10(15)8-13(12)14/h2-3,8-9,11H,4-7,16H2,1H3. The molecule has 0 amide bonds. The van der Waals surface area contributed by atoms with E-state index in [1.807, 2.05) is 0 Å². The third-order valence-corrected chi connectivity index (χ3v) is 3.86. The highest BCUT2D eigenvalue weighted by atomic mass is 35.5. The average molecular weight is 257 g/mol. The van der Waals surface area contributed by atoms with Crippen LogP contribution in [0.1, 0.15) is 31.4 Å². The lowest BCUT2D eigenvalue weighted by Gasteiger charge is -2.35. The van der Waals surface area contributed by atoms with Gasteiger partial charge in [-0.05, 0) is 37.5 Å². The largest absolute Gasteiger partial charge is 0.328 e. The zero-order valence-electron chi connectivity index (χ0n) is 10.00. The second-order valence-electron chi connectivity index (χ2n) is 4.72. The van der Waals surface area contributed by atoms with Crippen molar-refractivity contribution in [3.05, 3.63) is 34.6 Å². The lowest BCUT2D eigenvalue weighted by molar-refractivity contribution is 0.163. The molecular formula is C13H18ClFN2. The molecule has 0 bridgehead atoms. The summed E-state index contributed by atoms with van der Waals surface area (Å²) in [6, 6.07) is 5.16. The van der Waals surface area contributed by atoms with Crippen molar-refractivity contribution in [1.82, 2.24) is 4.90 Å². The van der Waals surface area contributed by atoms with E-state index < -0.39 is 0 Å². The van der Waals surface area contributed by atoms with Gasteiger partial charge in [0.2, 0.25) is 0 Å². The minimum Gasteiger partial charge on any atom is -0.328 e. The molecule has 1 aliphatic heterocycles. The number of rotatable bonds is 2. The zero-order valence-corrected chi connectivity index (χ0v) is 10.8. The van der Waals surface area contributed by atoms with Gasteiger partial charge in [-0.25, -0.2) is 4.39 Å². The summed E-state index contributed by atoms with van der Waals surface area (Å²) in [7, 11) is 0. The summed E-state index contributed by atoms with van der Waals surface area (Å²) >= 11 is 6.08. The van der Waals surface area contributed by atoms with Crippen LogP contribution >= 0.6 is 11.6 Å². The van der Waals surface area contributed by atoms with Crippen molar-refractivity contribution >= 4 is 11.6 Å². The van der Waals surface area contributed by atoms with Gasteiger partial charge in [0.15, 0.2) is 0 Å². The topological polar surface area (TPSA) is 29.3 Å². The number of piperidine rings is 1. The van der Waals surface area contributed by atoms with E-state index in [0.29, 0.717) is 11.1 Å². The van der Waals surface area contributed by atoms with Gasteiger partial charge in [0, 0.05) is 30.2 Å². The number of nitrogens with two attached hydrogens (primary N) is 1. The lowest BCUT2D eigenvalue weighted by Crippen LogP contribution is -2.40. The third kappa shape index (κ3) is 2.97. The highest BCUT2D eigenvalue weighted by Crippen LogP contribution is 2.29. The van der Waals surface area contributed by atoms with Gasteiger partial charge in [0.05, 0.1) is 0 Å². The molecular weight excluding hydrogens is 239 g/mol. The highest BCUT2D eigenvalue weighted by Gasteiger charge is 2.22. The quantitative estimate of drug-likeness (QED) is 0.882. The van der Waals surface area contributed by atoms with Gasteiger partial charge in [-0.3, -0.25) is 4.90 Å². The van der Waals surface area contributed by atoms with E-state index in [-0.39, 0.29) is 11.9 Å². The molecule has 1 aromatic rings. The fourth-order valence-corrected chi connectivity index (χ4v) is 2.67. The Morgan fingerprint density at radius 3 is 2.65 bits per heavy atom. The molecule has 0 spiro atoms. The smallest absolute Gasteiger partial charge is 0.124 e. The number of benzene rings is 1. The van der Waals surface area contributed by atoms with Crippen LogP contribution in [0.15, 0.2) is 18.2 Å². The van der Waals surface area contributed by atoms with E-state index >= 15 is 0 Å². The maximum atomic E-state index is 13.0. The summed E-state index contributed by atoms with van der Waals surface area (Å²) < 4.78 is 13.0. The van der Waals surface area contributed by atoms with Gasteiger partial charge in [-0.2, -0.15) is 0 Å². The minimum absolute atomic E-state index is 0.218. The molecule has 2 N–H and O–H groups in total. The Kier molecular flexibility index (Phi) is 4.02. The summed E-state index contributed by atoms with van der Waals surface area (Å²) in [5.74, 6) is -0.286. The molecule has 2 nitrogen and oxygen atoms in total. The molecule has 0 aliphatic carbocycles. The fraction of sp³-hybridized carbons (Fsp3) is 0.538. The van der Waals surface area contributed by atoms with E-state index in [9.17, 15) is 4.39 Å². The molecule has 1 fully saturated rings. The summed E-state index contributed by atoms with van der Waals surface area (Å²) in [5.41, 5.74) is 6.87. The van der Waals surface area contributed by atoms with Crippen LogP contribution in [0.25, 0.3) is 0 Å². The van der Waals surface area contributed by atoms with Crippen molar-refractivity contribution in [3.63, 3.8) is 0 Å². The lowest BCUT2D eigenvalue weighted by atomic mass is 10.0. The van der Waals surface area contributed by atoms with Crippen LogP contribution in [0.3, 0.4) is 0 Å². The Labute approximate surface area is 107 Å². The first-order valence-electron chi connectivity index (χ1n) is 6.02. The Morgan fingerprint density at radius 2 is 2.06 bits per heavy atom. The normalized spacial score (nSPS) is 20.5. The van der Waals surface area contributed by atoms with E-state index in [1.165, 1.54) is 12.1 Å². The van der Waals surface area contributed by atoms with Gasteiger partial charge in [-0.15, -0.1) is 0 Å². The van der Waals surface area contributed by atoms with E-state index in [0.717, 1.165) is 31.5 Å². The number of nitrogens with zero attached hydrogens (tertiary/aromatic N) is 1. The summed E-state index contributed by atoms with van der Waals surface area (Å²) in [6.45, 7) is 4.07. The molecule has 2 rings (SSSR count). The highest BCUT2D eigenvalue weighted by molar-refractivity contribution is 6.31. The third-order valence-electron chi connectivity index (χ3n) is 3.53. The first-order chi connectivity index (χ1) is 8.08. The minimum atomic E-state index is -0.286. The molecule has 1 heterocycles. The molecule has 0 saturated carbocycles. The van der Waals surface area contributed by atoms with Gasteiger partial charge in [0.1, 0.15) is 5.82 Å². The number of hydrogen-bond acceptors (Lipinski definition) is 2. The summed E-state index contributed by atoms with van der Waals surface area (Å²) in [5, 5.41) is 0.507. The monoisotopic (exact) mass is 256 g/mol. The maximum absolute atomic E-state index is 13.0. The number of halogens is 2. The molecule has 94 valence electrons. The predicted molar refractivity (Wildman–Crippen MR) is 68.6 cm³/mol. The molecule has 4 heteroatoms. The van der Waals surface area contributed by atoms with Crippen LogP contribution in [-0.2, 0) is 0 Å². The number of hydrogen-bond donors (Lipinski definition) is 1. The Balaban J connectivity index is 2.11. The molecule has 0 aromatic heterocycles. The maximum Gasteiger partial charge on any atom is 0.124 e. The molecule has 1 saturated heterocycles. The van der Waals surface area contributed by atoms with Crippen molar-refractivity contribution in [2.45, 2.75) is 31.8 Å². The van der Waals surface area contributed by atoms with Crippen LogP contribution in [0, 0.1) is 5.82 Å². The first kappa shape index (κ1) is 12.8. The van der Waals surface area contributed by atoms with Crippen molar-refractivity contribution < 1.29 is 4.39 Å². The molecule has 1 aliphatic rings. The van der Waals surface area contributed by atoms with Crippen LogP contribution in [0.5, 0.6) is 0 Å². The molecule has 0 radical (unpaired) electrons. The summed E-state index contributed by atoms with van der Waals surface area (Å²) in [4.78, 5) is 2.35. The molecule has 1 atom stereocenters. The Bertz CT molecular complexity index is 389. The van der Waals surface area contributed by atoms with Crippen molar-refractivity contribution in [1.29, 1.82) is 0 Å². The van der Waals surface area contributed by atoms with Crippen molar-refractivity contribution in [2.75, 3.05) is 13.1 Å². The van der Waals surface area contributed by atoms with Gasteiger partial charge < -0.3 is 5.73 Å². The van der Waals surface area contributed by atoms with Crippen LogP contribution in [0.4, 0.5) is 4.39 Å². The van der Waals surface area contributed by atoms with Crippen LogP contribution in [-0.4, -0.2) is 24.0 Å². The van der Waals surface area contributed by atoms with Gasteiger partial charge in [0.25, 0.3) is 0 Å². The second kappa shape index (κ2) is 5.34. The molecule has 1 unspecified atom stereocenters. The SMILES string of the molecule is CC(c1ccc(F)cc1Cl)N1CCC(N)CC1. The van der Waals surface area contributed by atoms with Crippen LogP contribution < -0.4 is 5.73 Å². The first-order valence-corrected chi connectivity index (χ1v) is 6.40. The zero-order chi connectivity index (χ0) is 12.4. The van der Waals surface area contributed by atoms with E-state index in [1.54, 1.807) is 6.07 Å². The predicted octanol–water partition coefficient (Wildman–Crippen LogP) is 2.96. The van der Waals surface area contributed by atoms with Crippen molar-refractivity contribution in [2.24, 2.45) is 5.73 Å². The Morgan fingerprint density at radius 1 is 1.41 bits per heavy atom. The summed E-state index contributed by atoms with van der Waals surface area (Å²) in [6.07, 6.45) is 2.03. The molecule has 17 heavy (non-hydrogen) atoms. The Hall–Kier alpha value is -0.640. The average Bonchev–Trinajstić information content (AvgIpc) is 2.29. The van der Waals surface area contributed by atoms with Crippen molar-refractivity contribution in [3.8, 4) is 0 Å². The van der Waals surface area contributed by atoms with E-state index in [4.69, 9.17) is 17.3 Å². The van der Waals surface area contributed by atoms with Gasteiger partial charge >= 0.3 is 0 Å². The molecule has 1 aromatic carbocycles. The van der Waals surface area contributed by atoms with Crippen LogP contribution in [0.2, 0.25) is 5.02 Å². The second-order valence-corrected chi connectivity index (χ2v) is 5.12. The number of likely N-dealkylation sites (tertiary alicyclic amines) is 1. The fourth-order valence-electron chi connectivity index (χ4n) is 2.34. The van der Waals surface area contributed by atoms with Gasteiger partial charge in [-0.1, -0.05) is 17.7 Å².